The zero-order chi connectivity index (χ0) is 31.5. The number of amides is 1. The van der Waals surface area contributed by atoms with Gasteiger partial charge in [-0.05, 0) is 64.9 Å². The van der Waals surface area contributed by atoms with Gasteiger partial charge in [0.05, 0.1) is 25.5 Å². The fourth-order valence-corrected chi connectivity index (χ4v) is 7.20. The first-order chi connectivity index (χ1) is 22.5. The highest BCUT2D eigenvalue weighted by Gasteiger charge is 2.50. The molecule has 3 fully saturated rings. The number of ether oxygens (including phenoxy) is 2. The number of hydrogen-bond donors (Lipinski definition) is 3. The summed E-state index contributed by atoms with van der Waals surface area (Å²) in [5, 5.41) is 12.7. The van der Waals surface area contributed by atoms with E-state index in [9.17, 15) is 9.90 Å². The minimum Gasteiger partial charge on any atom is -0.392 e. The summed E-state index contributed by atoms with van der Waals surface area (Å²) in [7, 11) is 0. The largest absolute Gasteiger partial charge is 0.392 e. The fourth-order valence-electron chi connectivity index (χ4n) is 7.20. The third-order valence-corrected chi connectivity index (χ3v) is 9.82. The number of nitrogens with zero attached hydrogens (tertiary/aromatic N) is 2. The second-order valence-corrected chi connectivity index (χ2v) is 12.6. The quantitative estimate of drug-likeness (QED) is 0.247. The van der Waals surface area contributed by atoms with E-state index in [1.165, 1.54) is 0 Å². The van der Waals surface area contributed by atoms with Gasteiger partial charge in [0.25, 0.3) is 0 Å². The number of aliphatic hydroxyl groups is 1. The van der Waals surface area contributed by atoms with E-state index < -0.39 is 11.8 Å². The molecule has 1 amide bonds. The molecule has 4 N–H and O–H groups in total. The van der Waals surface area contributed by atoms with Gasteiger partial charge in [0.15, 0.2) is 6.29 Å². The Labute approximate surface area is 270 Å². The highest BCUT2D eigenvalue weighted by atomic mass is 16.7. The first kappa shape index (κ1) is 30.6. The van der Waals surface area contributed by atoms with Gasteiger partial charge < -0.3 is 35.4 Å². The molecule has 0 aliphatic carbocycles. The molecule has 3 heterocycles. The lowest BCUT2D eigenvalue weighted by atomic mass is 9.85. The average molecular weight is 619 g/mol. The number of para-hydroxylation sites is 1. The standard InChI is InChI=1S/C38H42N4O4/c39-23-28-6-4-7-30(20-28)31-8-5-9-32(21-31)36-45-34(22-35(46-36)29-14-12-27(25-43)13-15-29)24-41-18-16-38(17-19-41)37(44)40-26-42(38)33-10-2-1-3-11-33/h1-15,20-21,34-36,43H,16-19,22-26,39H2,(H,40,44). The van der Waals surface area contributed by atoms with Gasteiger partial charge in [0.1, 0.15) is 5.54 Å². The van der Waals surface area contributed by atoms with Gasteiger partial charge in [-0.2, -0.15) is 0 Å². The van der Waals surface area contributed by atoms with Crippen molar-refractivity contribution in [2.24, 2.45) is 5.73 Å². The predicted octanol–water partition coefficient (Wildman–Crippen LogP) is 5.28. The van der Waals surface area contributed by atoms with Gasteiger partial charge in [0, 0.05) is 43.9 Å². The number of nitrogens with one attached hydrogen (secondary N) is 1. The summed E-state index contributed by atoms with van der Waals surface area (Å²) < 4.78 is 13.4. The molecule has 3 aliphatic heterocycles. The smallest absolute Gasteiger partial charge is 0.247 e. The molecule has 4 aromatic rings. The molecule has 4 aromatic carbocycles. The Morgan fingerprint density at radius 3 is 2.30 bits per heavy atom. The lowest BCUT2D eigenvalue weighted by Crippen LogP contribution is -2.57. The molecule has 3 unspecified atom stereocenters. The van der Waals surface area contributed by atoms with E-state index in [1.54, 1.807) is 0 Å². The topological polar surface area (TPSA) is 100 Å². The third kappa shape index (κ3) is 6.19. The first-order valence-electron chi connectivity index (χ1n) is 16.3. The van der Waals surface area contributed by atoms with Crippen LogP contribution in [0.1, 0.15) is 53.9 Å². The van der Waals surface area contributed by atoms with Gasteiger partial charge in [-0.15, -0.1) is 0 Å². The molecule has 238 valence electrons. The summed E-state index contributed by atoms with van der Waals surface area (Å²) in [6.45, 7) is 3.42. The Hall–Kier alpha value is -4.05. The molecule has 0 aromatic heterocycles. The first-order valence-corrected chi connectivity index (χ1v) is 16.3. The van der Waals surface area contributed by atoms with Gasteiger partial charge in [-0.3, -0.25) is 4.79 Å². The molecule has 3 atom stereocenters. The number of anilines is 1. The van der Waals surface area contributed by atoms with Crippen LogP contribution in [0, 0.1) is 0 Å². The van der Waals surface area contributed by atoms with E-state index in [0.29, 0.717) is 19.6 Å². The Balaban J connectivity index is 1.10. The lowest BCUT2D eigenvalue weighted by Gasteiger charge is -2.45. The van der Waals surface area contributed by atoms with Gasteiger partial charge in [-0.1, -0.05) is 78.9 Å². The number of likely N-dealkylation sites (tertiary alicyclic amines) is 1. The van der Waals surface area contributed by atoms with Crippen molar-refractivity contribution in [3.8, 4) is 11.1 Å². The van der Waals surface area contributed by atoms with Crippen LogP contribution in [0.4, 0.5) is 5.69 Å². The molecule has 3 saturated heterocycles. The number of piperidine rings is 1. The maximum atomic E-state index is 13.2. The van der Waals surface area contributed by atoms with Crippen LogP contribution in [0.3, 0.4) is 0 Å². The second kappa shape index (κ2) is 13.4. The molecule has 8 nitrogen and oxygen atoms in total. The van der Waals surface area contributed by atoms with E-state index >= 15 is 0 Å². The molecule has 1 spiro atoms. The summed E-state index contributed by atoms with van der Waals surface area (Å²) in [5.41, 5.74) is 12.7. The van der Waals surface area contributed by atoms with E-state index in [1.807, 2.05) is 54.6 Å². The summed E-state index contributed by atoms with van der Waals surface area (Å²) >= 11 is 0. The molecular formula is C38H42N4O4. The Kier molecular flexibility index (Phi) is 8.88. The van der Waals surface area contributed by atoms with Crippen molar-refractivity contribution < 1.29 is 19.4 Å². The highest BCUT2D eigenvalue weighted by Crippen LogP contribution is 2.41. The van der Waals surface area contributed by atoms with E-state index in [2.05, 4.69) is 63.6 Å². The van der Waals surface area contributed by atoms with Crippen molar-refractivity contribution >= 4 is 11.6 Å². The van der Waals surface area contributed by atoms with Crippen LogP contribution in [0.25, 0.3) is 11.1 Å². The summed E-state index contributed by atoms with van der Waals surface area (Å²) in [6.07, 6.45) is 1.47. The summed E-state index contributed by atoms with van der Waals surface area (Å²) in [6, 6.07) is 34.9. The minimum absolute atomic E-state index is 0.00842. The second-order valence-electron chi connectivity index (χ2n) is 12.6. The predicted molar refractivity (Wildman–Crippen MR) is 179 cm³/mol. The SMILES string of the molecule is NCc1cccc(-c2cccc(C3OC(CN4CCC5(CC4)C(=O)NCN5c4ccccc4)CC(c4ccc(CO)cc4)O3)c2)c1. The molecule has 0 bridgehead atoms. The van der Waals surface area contributed by atoms with Gasteiger partial charge in [-0.25, -0.2) is 0 Å². The van der Waals surface area contributed by atoms with Gasteiger partial charge in [0.2, 0.25) is 5.91 Å². The lowest BCUT2D eigenvalue weighted by molar-refractivity contribution is -0.253. The number of hydrogen-bond acceptors (Lipinski definition) is 7. The summed E-state index contributed by atoms with van der Waals surface area (Å²) in [4.78, 5) is 17.9. The Bertz CT molecular complexity index is 1640. The average Bonchev–Trinajstić information content (AvgIpc) is 3.44. The molecule has 46 heavy (non-hydrogen) atoms. The van der Waals surface area contributed by atoms with E-state index in [-0.39, 0.29) is 24.7 Å². The van der Waals surface area contributed by atoms with E-state index in [4.69, 9.17) is 15.2 Å². The minimum atomic E-state index is -0.538. The molecular weight excluding hydrogens is 576 g/mol. The van der Waals surface area contributed by atoms with Crippen LogP contribution in [0.5, 0.6) is 0 Å². The number of benzene rings is 4. The normalized spacial score (nSPS) is 23.0. The fraction of sp³-hybridized carbons (Fsp3) is 0.342. The Morgan fingerprint density at radius 1 is 0.826 bits per heavy atom. The monoisotopic (exact) mass is 618 g/mol. The molecule has 0 saturated carbocycles. The number of rotatable bonds is 8. The van der Waals surface area contributed by atoms with Crippen LogP contribution >= 0.6 is 0 Å². The van der Waals surface area contributed by atoms with Crippen molar-refractivity contribution in [3.63, 3.8) is 0 Å². The molecule has 8 heteroatoms. The van der Waals surface area contributed by atoms with Crippen LogP contribution in [0.2, 0.25) is 0 Å². The van der Waals surface area contributed by atoms with Crippen molar-refractivity contribution in [1.29, 1.82) is 0 Å². The number of carbonyl (C=O) groups excluding carboxylic acids is 1. The van der Waals surface area contributed by atoms with Gasteiger partial charge >= 0.3 is 0 Å². The van der Waals surface area contributed by atoms with Crippen molar-refractivity contribution in [2.45, 2.75) is 56.5 Å². The maximum Gasteiger partial charge on any atom is 0.247 e. The van der Waals surface area contributed by atoms with Crippen LogP contribution in [-0.4, -0.2) is 53.9 Å². The Morgan fingerprint density at radius 2 is 1.57 bits per heavy atom. The zero-order valence-electron chi connectivity index (χ0n) is 26.1. The molecule has 3 aliphatic rings. The zero-order valence-corrected chi connectivity index (χ0v) is 26.1. The van der Waals surface area contributed by atoms with Crippen LogP contribution < -0.4 is 16.0 Å². The van der Waals surface area contributed by atoms with Crippen LogP contribution in [0.15, 0.2) is 103 Å². The number of nitrogens with two attached hydrogens (primary N) is 1. The van der Waals surface area contributed by atoms with Crippen molar-refractivity contribution in [3.05, 3.63) is 125 Å². The van der Waals surface area contributed by atoms with Crippen LogP contribution in [-0.2, 0) is 27.4 Å². The van der Waals surface area contributed by atoms with Crippen molar-refractivity contribution in [2.75, 3.05) is 31.2 Å². The maximum absolute atomic E-state index is 13.2. The van der Waals surface area contributed by atoms with Crippen molar-refractivity contribution in [1.82, 2.24) is 10.2 Å². The highest BCUT2D eigenvalue weighted by molar-refractivity contribution is 5.93. The molecule has 0 radical (unpaired) electrons. The third-order valence-electron chi connectivity index (χ3n) is 9.82. The summed E-state index contributed by atoms with van der Waals surface area (Å²) in [5.74, 6) is 0.127. The van der Waals surface area contributed by atoms with E-state index in [0.717, 1.165) is 71.5 Å². The number of carbonyl (C=O) groups is 1. The number of aliphatic hydroxyl groups excluding tert-OH is 1. The molecule has 7 rings (SSSR count).